The zero-order chi connectivity index (χ0) is 17.6. The minimum Gasteiger partial charge on any atom is -0.419 e. The Labute approximate surface area is 177 Å². The van der Waals surface area contributed by atoms with Gasteiger partial charge in [0, 0.05) is 24.5 Å². The van der Waals surface area contributed by atoms with Crippen molar-refractivity contribution in [2.75, 3.05) is 33.2 Å². The van der Waals surface area contributed by atoms with Crippen LogP contribution >= 0.6 is 35.3 Å². The van der Waals surface area contributed by atoms with Crippen molar-refractivity contribution in [3.63, 3.8) is 0 Å². The van der Waals surface area contributed by atoms with E-state index in [0.717, 1.165) is 31.1 Å². The molecule has 0 amide bonds. The molecule has 26 heavy (non-hydrogen) atoms. The molecular weight excluding hydrogens is 459 g/mol. The van der Waals surface area contributed by atoms with Crippen LogP contribution in [-0.2, 0) is 19.4 Å². The van der Waals surface area contributed by atoms with Crippen LogP contribution in [0.2, 0.25) is 0 Å². The van der Waals surface area contributed by atoms with Crippen LogP contribution in [0.1, 0.15) is 36.1 Å². The fraction of sp³-hybridized carbons (Fsp3) is 0.579. The van der Waals surface area contributed by atoms with Gasteiger partial charge < -0.3 is 9.32 Å². The van der Waals surface area contributed by atoms with Crippen LogP contribution < -0.4 is 0 Å². The zero-order valence-corrected chi connectivity index (χ0v) is 18.9. The molecule has 0 aliphatic heterocycles. The minimum atomic E-state index is 0. The van der Waals surface area contributed by atoms with Crippen molar-refractivity contribution in [1.29, 1.82) is 0 Å². The number of rotatable bonds is 9. The Hall–Kier alpha value is -0.770. The van der Waals surface area contributed by atoms with Crippen LogP contribution in [0.3, 0.4) is 0 Å². The lowest BCUT2D eigenvalue weighted by atomic mass is 9.99. The number of hydrogen-bond acceptors (Lipinski definition) is 6. The quantitative estimate of drug-likeness (QED) is 0.391. The van der Waals surface area contributed by atoms with E-state index in [1.807, 2.05) is 17.4 Å². The molecule has 5 nitrogen and oxygen atoms in total. The number of fused-ring (bicyclic) bond motifs is 1. The van der Waals surface area contributed by atoms with Gasteiger partial charge in [0.2, 0.25) is 5.89 Å². The van der Waals surface area contributed by atoms with E-state index in [-0.39, 0.29) is 24.0 Å². The van der Waals surface area contributed by atoms with E-state index in [0.29, 0.717) is 18.3 Å². The summed E-state index contributed by atoms with van der Waals surface area (Å²) >= 11 is 1.82. The number of aromatic nitrogens is 2. The number of aryl methyl sites for hydroxylation is 2. The molecule has 0 aromatic carbocycles. The van der Waals surface area contributed by atoms with Crippen molar-refractivity contribution in [2.24, 2.45) is 0 Å². The first kappa shape index (κ1) is 21.5. The fourth-order valence-electron chi connectivity index (χ4n) is 3.18. The van der Waals surface area contributed by atoms with E-state index in [9.17, 15) is 0 Å². The van der Waals surface area contributed by atoms with Gasteiger partial charge in [-0.3, -0.25) is 4.90 Å². The molecule has 1 aliphatic rings. The highest BCUT2D eigenvalue weighted by atomic mass is 127. The van der Waals surface area contributed by atoms with Crippen molar-refractivity contribution in [2.45, 2.75) is 39.2 Å². The molecule has 0 spiro atoms. The van der Waals surface area contributed by atoms with Gasteiger partial charge in [0.15, 0.2) is 0 Å². The molecular formula is C19H29IN4OS. The molecule has 0 saturated heterocycles. The third-order valence-corrected chi connectivity index (χ3v) is 5.94. The number of nitrogens with zero attached hydrogens (tertiary/aromatic N) is 4. The fourth-order valence-corrected chi connectivity index (χ4v) is 4.35. The molecule has 3 rings (SSSR count). The van der Waals surface area contributed by atoms with E-state index in [2.05, 4.69) is 46.6 Å². The van der Waals surface area contributed by atoms with Crippen molar-refractivity contribution < 1.29 is 4.42 Å². The Morgan fingerprint density at radius 2 is 2.08 bits per heavy atom. The van der Waals surface area contributed by atoms with Crippen molar-refractivity contribution >= 4 is 35.3 Å². The van der Waals surface area contributed by atoms with Gasteiger partial charge in [-0.25, -0.2) is 0 Å². The van der Waals surface area contributed by atoms with Crippen LogP contribution in [0.15, 0.2) is 23.1 Å². The second kappa shape index (κ2) is 10.5. The van der Waals surface area contributed by atoms with Gasteiger partial charge in [-0.1, -0.05) is 13.0 Å². The number of likely N-dealkylation sites (N-methyl/N-ethyl adjacent to an activating group) is 2. The van der Waals surface area contributed by atoms with Gasteiger partial charge in [-0.05, 0) is 50.9 Å². The largest absolute Gasteiger partial charge is 0.419 e. The average Bonchev–Trinajstić information content (AvgIpc) is 3.25. The Morgan fingerprint density at radius 3 is 2.81 bits per heavy atom. The van der Waals surface area contributed by atoms with E-state index >= 15 is 0 Å². The van der Waals surface area contributed by atoms with Gasteiger partial charge in [0.1, 0.15) is 0 Å². The molecule has 2 heterocycles. The van der Waals surface area contributed by atoms with Gasteiger partial charge in [-0.2, -0.15) is 0 Å². The first-order valence-electron chi connectivity index (χ1n) is 9.15. The Balaban J connectivity index is 0.00000243. The lowest BCUT2D eigenvalue weighted by Crippen LogP contribution is -2.33. The topological polar surface area (TPSA) is 45.4 Å². The lowest BCUT2D eigenvalue weighted by Gasteiger charge is -2.22. The third-order valence-electron chi connectivity index (χ3n) is 4.72. The molecule has 2 aromatic rings. The van der Waals surface area contributed by atoms with Crippen LogP contribution in [0.25, 0.3) is 10.8 Å². The number of thiophene rings is 1. The summed E-state index contributed by atoms with van der Waals surface area (Å²) in [4.78, 5) is 7.21. The third kappa shape index (κ3) is 5.61. The second-order valence-electron chi connectivity index (χ2n) is 6.69. The Kier molecular flexibility index (Phi) is 8.72. The summed E-state index contributed by atoms with van der Waals surface area (Å²) in [5.41, 5.74) is 1.48. The Bertz CT molecular complexity index is 676. The highest BCUT2D eigenvalue weighted by Crippen LogP contribution is 2.35. The summed E-state index contributed by atoms with van der Waals surface area (Å²) in [6.07, 6.45) is 6.91. The van der Waals surface area contributed by atoms with Crippen LogP contribution in [0, 0.1) is 0 Å². The summed E-state index contributed by atoms with van der Waals surface area (Å²) < 4.78 is 5.95. The van der Waals surface area contributed by atoms with Gasteiger partial charge >= 0.3 is 0 Å². The molecule has 0 fully saturated rings. The molecule has 1 aliphatic carbocycles. The van der Waals surface area contributed by atoms with E-state index < -0.39 is 0 Å². The maximum absolute atomic E-state index is 5.95. The molecule has 0 radical (unpaired) electrons. The standard InChI is InChI=1S/C19H28N4OS.HI/c1-4-10-22(3)11-12-23(5-2)14-18-20-21-19(24-18)17-13-15-8-6-7-9-16(15)25-17;/h4,13H,1,5-12,14H2,2-3H3;1H. The SMILES string of the molecule is C=CCN(C)CCN(CC)Cc1nnc(-c2cc3c(s2)CCCC3)o1.I. The summed E-state index contributed by atoms with van der Waals surface area (Å²) in [5, 5.41) is 8.55. The minimum absolute atomic E-state index is 0. The van der Waals surface area contributed by atoms with Gasteiger partial charge in [0.05, 0.1) is 11.4 Å². The maximum atomic E-state index is 5.95. The summed E-state index contributed by atoms with van der Waals surface area (Å²) in [6.45, 7) is 10.5. The molecule has 7 heteroatoms. The highest BCUT2D eigenvalue weighted by Gasteiger charge is 2.18. The normalized spacial score (nSPS) is 13.7. The average molecular weight is 488 g/mol. The van der Waals surface area contributed by atoms with E-state index in [1.165, 1.54) is 36.1 Å². The lowest BCUT2D eigenvalue weighted by molar-refractivity contribution is 0.218. The second-order valence-corrected chi connectivity index (χ2v) is 7.82. The van der Waals surface area contributed by atoms with Crippen molar-refractivity contribution in [3.8, 4) is 10.8 Å². The van der Waals surface area contributed by atoms with Crippen molar-refractivity contribution in [1.82, 2.24) is 20.0 Å². The van der Waals surface area contributed by atoms with Crippen LogP contribution in [0.5, 0.6) is 0 Å². The zero-order valence-electron chi connectivity index (χ0n) is 15.7. The highest BCUT2D eigenvalue weighted by molar-refractivity contribution is 14.0. The van der Waals surface area contributed by atoms with Gasteiger partial charge in [0.25, 0.3) is 5.89 Å². The molecule has 0 bridgehead atoms. The molecule has 0 atom stereocenters. The summed E-state index contributed by atoms with van der Waals surface area (Å²) in [5.74, 6) is 1.38. The van der Waals surface area contributed by atoms with E-state index in [4.69, 9.17) is 4.42 Å². The Morgan fingerprint density at radius 1 is 1.27 bits per heavy atom. The predicted octanol–water partition coefficient (Wildman–Crippen LogP) is 4.23. The summed E-state index contributed by atoms with van der Waals surface area (Å²) in [7, 11) is 2.11. The first-order chi connectivity index (χ1) is 12.2. The number of halogens is 1. The summed E-state index contributed by atoms with van der Waals surface area (Å²) in [6, 6.07) is 2.25. The molecule has 144 valence electrons. The molecule has 0 saturated carbocycles. The van der Waals surface area contributed by atoms with E-state index in [1.54, 1.807) is 0 Å². The van der Waals surface area contributed by atoms with Crippen LogP contribution in [0.4, 0.5) is 0 Å². The monoisotopic (exact) mass is 488 g/mol. The maximum Gasteiger partial charge on any atom is 0.257 e. The molecule has 0 N–H and O–H groups in total. The van der Waals surface area contributed by atoms with Crippen LogP contribution in [-0.4, -0.2) is 53.2 Å². The molecule has 0 unspecified atom stereocenters. The van der Waals surface area contributed by atoms with Gasteiger partial charge in [-0.15, -0.1) is 52.1 Å². The van der Waals surface area contributed by atoms with Crippen molar-refractivity contribution in [3.05, 3.63) is 35.1 Å². The molecule has 2 aromatic heterocycles. The number of hydrogen-bond donors (Lipinski definition) is 0. The first-order valence-corrected chi connectivity index (χ1v) is 9.97. The predicted molar refractivity (Wildman–Crippen MR) is 118 cm³/mol. The smallest absolute Gasteiger partial charge is 0.257 e.